The van der Waals surface area contributed by atoms with Crippen LogP contribution in [0, 0.1) is 0 Å². The molecule has 1 N–H and O–H groups in total. The number of carbonyl (C=O) groups is 1. The summed E-state index contributed by atoms with van der Waals surface area (Å²) in [6.45, 7) is 0.574. The van der Waals surface area contributed by atoms with Crippen LogP contribution in [-0.2, 0) is 4.79 Å². The van der Waals surface area contributed by atoms with Crippen molar-refractivity contribution >= 4 is 63.2 Å². The number of hydrogen-bond acceptors (Lipinski definition) is 4. The summed E-state index contributed by atoms with van der Waals surface area (Å²) in [7, 11) is 0. The number of hydrogen-bond donors (Lipinski definition) is 1. The third-order valence-corrected chi connectivity index (χ3v) is 5.43. The Morgan fingerprint density at radius 1 is 1.33 bits per heavy atom. The summed E-state index contributed by atoms with van der Waals surface area (Å²) >= 11 is 15.1. The third kappa shape index (κ3) is 4.33. The van der Waals surface area contributed by atoms with E-state index >= 15 is 0 Å². The van der Waals surface area contributed by atoms with E-state index in [1.807, 2.05) is 40.2 Å². The number of thiazole rings is 1. The predicted molar refractivity (Wildman–Crippen MR) is 102 cm³/mol. The van der Waals surface area contributed by atoms with Gasteiger partial charge < -0.3 is 5.32 Å². The summed E-state index contributed by atoms with van der Waals surface area (Å²) in [5.74, 6) is 0.622. The molecule has 0 saturated carbocycles. The molecule has 0 unspecified atom stereocenters. The first-order chi connectivity index (χ1) is 11.6. The lowest BCUT2D eigenvalue weighted by Crippen LogP contribution is -2.23. The zero-order valence-electron chi connectivity index (χ0n) is 12.4. The molecule has 1 amide bonds. The van der Waals surface area contributed by atoms with Crippen LogP contribution >= 0.6 is 46.3 Å². The monoisotopic (exact) mass is 397 g/mol. The second kappa shape index (κ2) is 8.07. The Morgan fingerprint density at radius 2 is 2.12 bits per heavy atom. The first kappa shape index (κ1) is 17.4. The number of rotatable bonds is 6. The van der Waals surface area contributed by atoms with Gasteiger partial charge in [0.05, 0.1) is 5.69 Å². The van der Waals surface area contributed by atoms with Crippen molar-refractivity contribution in [3.8, 4) is 0 Å². The van der Waals surface area contributed by atoms with Gasteiger partial charge in [0, 0.05) is 39.9 Å². The van der Waals surface area contributed by atoms with Crippen molar-refractivity contribution in [1.29, 1.82) is 0 Å². The molecule has 0 spiro atoms. The Kier molecular flexibility index (Phi) is 5.84. The molecule has 0 radical (unpaired) electrons. The van der Waals surface area contributed by atoms with Gasteiger partial charge in [-0.05, 0) is 30.3 Å². The normalized spacial score (nSPS) is 11.4. The minimum atomic E-state index is -0.159. The average molecular weight is 398 g/mol. The van der Waals surface area contributed by atoms with Gasteiger partial charge in [-0.3, -0.25) is 9.20 Å². The van der Waals surface area contributed by atoms with Gasteiger partial charge in [-0.2, -0.15) is 0 Å². The number of nitrogens with one attached hydrogen (secondary N) is 1. The molecule has 0 bridgehead atoms. The summed E-state index contributed by atoms with van der Waals surface area (Å²) < 4.78 is 1.85. The molecule has 8 heteroatoms. The van der Waals surface area contributed by atoms with E-state index in [0.717, 1.165) is 20.6 Å². The largest absolute Gasteiger partial charge is 0.352 e. The first-order valence-electron chi connectivity index (χ1n) is 7.09. The van der Waals surface area contributed by atoms with Crippen LogP contribution in [0.25, 0.3) is 11.0 Å². The lowest BCUT2D eigenvalue weighted by atomic mass is 10.4. The summed E-state index contributed by atoms with van der Waals surface area (Å²) in [5, 5.41) is 5.88. The number of aromatic nitrogens is 2. The SMILES string of the molecule is O=C(/C=C/c1c(Cl)nc2sccn12)NCCSc1ccc(Cl)cc1. The maximum absolute atomic E-state index is 11.9. The highest BCUT2D eigenvalue weighted by Gasteiger charge is 2.08. The fourth-order valence-corrected chi connectivity index (χ4v) is 3.91. The predicted octanol–water partition coefficient (Wildman–Crippen LogP) is 4.62. The molecule has 124 valence electrons. The number of amides is 1. The Hall–Kier alpha value is -1.47. The van der Waals surface area contributed by atoms with Gasteiger partial charge in [-0.25, -0.2) is 4.98 Å². The number of carbonyl (C=O) groups excluding carboxylic acids is 1. The molecular formula is C16H13Cl2N3OS2. The third-order valence-electron chi connectivity index (χ3n) is 3.13. The lowest BCUT2D eigenvalue weighted by Gasteiger charge is -2.03. The Morgan fingerprint density at radius 3 is 2.92 bits per heavy atom. The molecule has 24 heavy (non-hydrogen) atoms. The fraction of sp³-hybridized carbons (Fsp3) is 0.125. The zero-order chi connectivity index (χ0) is 16.9. The van der Waals surface area contributed by atoms with Gasteiger partial charge in [-0.15, -0.1) is 23.1 Å². The smallest absolute Gasteiger partial charge is 0.244 e. The van der Waals surface area contributed by atoms with E-state index in [2.05, 4.69) is 10.3 Å². The number of imidazole rings is 1. The molecule has 2 heterocycles. The summed E-state index contributed by atoms with van der Waals surface area (Å²) in [6.07, 6.45) is 5.02. The van der Waals surface area contributed by atoms with Crippen LogP contribution in [0.1, 0.15) is 5.69 Å². The molecule has 0 atom stereocenters. The number of benzene rings is 1. The van der Waals surface area contributed by atoms with Crippen molar-refractivity contribution in [1.82, 2.24) is 14.7 Å². The lowest BCUT2D eigenvalue weighted by molar-refractivity contribution is -0.116. The van der Waals surface area contributed by atoms with Crippen LogP contribution in [0.2, 0.25) is 10.2 Å². The molecule has 4 nitrogen and oxygen atoms in total. The Bertz CT molecular complexity index is 871. The van der Waals surface area contributed by atoms with Crippen LogP contribution in [0.4, 0.5) is 0 Å². The minimum absolute atomic E-state index is 0.159. The van der Waals surface area contributed by atoms with Gasteiger partial charge >= 0.3 is 0 Å². The topological polar surface area (TPSA) is 46.4 Å². The molecule has 0 aliphatic carbocycles. The van der Waals surface area contributed by atoms with E-state index in [1.165, 1.54) is 17.4 Å². The van der Waals surface area contributed by atoms with Crippen LogP contribution in [0.5, 0.6) is 0 Å². The van der Waals surface area contributed by atoms with Gasteiger partial charge in [-0.1, -0.05) is 23.2 Å². The van der Waals surface area contributed by atoms with Crippen molar-refractivity contribution in [2.24, 2.45) is 0 Å². The van der Waals surface area contributed by atoms with Crippen molar-refractivity contribution in [2.45, 2.75) is 4.90 Å². The molecule has 0 fully saturated rings. The number of nitrogens with zero attached hydrogens (tertiary/aromatic N) is 2. The zero-order valence-corrected chi connectivity index (χ0v) is 15.6. The van der Waals surface area contributed by atoms with E-state index in [1.54, 1.807) is 17.8 Å². The van der Waals surface area contributed by atoms with Crippen molar-refractivity contribution < 1.29 is 4.79 Å². The number of thioether (sulfide) groups is 1. The second-order valence-corrected chi connectivity index (χ2v) is 7.61. The highest BCUT2D eigenvalue weighted by atomic mass is 35.5. The van der Waals surface area contributed by atoms with E-state index in [-0.39, 0.29) is 5.91 Å². The first-order valence-corrected chi connectivity index (χ1v) is 9.71. The van der Waals surface area contributed by atoms with E-state index in [9.17, 15) is 4.79 Å². The minimum Gasteiger partial charge on any atom is -0.352 e. The van der Waals surface area contributed by atoms with E-state index in [4.69, 9.17) is 23.2 Å². The highest BCUT2D eigenvalue weighted by Crippen LogP contribution is 2.22. The van der Waals surface area contributed by atoms with Gasteiger partial charge in [0.25, 0.3) is 0 Å². The summed E-state index contributed by atoms with van der Waals surface area (Å²) in [4.78, 5) is 18.0. The van der Waals surface area contributed by atoms with Gasteiger partial charge in [0.15, 0.2) is 10.1 Å². The molecule has 3 rings (SSSR count). The standard InChI is InChI=1S/C16H13Cl2N3OS2/c17-11-1-3-12(4-2-11)23-9-7-19-14(22)6-5-13-15(18)20-16-21(13)8-10-24-16/h1-6,8,10H,7,9H2,(H,19,22)/b6-5+. The van der Waals surface area contributed by atoms with Crippen molar-refractivity contribution in [3.05, 3.63) is 57.8 Å². The van der Waals surface area contributed by atoms with Crippen molar-refractivity contribution in [3.63, 3.8) is 0 Å². The van der Waals surface area contributed by atoms with E-state index < -0.39 is 0 Å². The second-order valence-electron chi connectivity index (χ2n) is 4.77. The maximum atomic E-state index is 11.9. The number of fused-ring (bicyclic) bond motifs is 1. The van der Waals surface area contributed by atoms with E-state index in [0.29, 0.717) is 17.4 Å². The molecule has 1 aromatic carbocycles. The molecule has 2 aromatic heterocycles. The maximum Gasteiger partial charge on any atom is 0.244 e. The van der Waals surface area contributed by atoms with Gasteiger partial charge in [0.2, 0.25) is 5.91 Å². The van der Waals surface area contributed by atoms with Gasteiger partial charge in [0.1, 0.15) is 0 Å². The summed E-state index contributed by atoms with van der Waals surface area (Å²) in [5.41, 5.74) is 0.707. The highest BCUT2D eigenvalue weighted by molar-refractivity contribution is 7.99. The Labute approximate surface area is 157 Å². The quantitative estimate of drug-likeness (QED) is 0.374. The van der Waals surface area contributed by atoms with Crippen LogP contribution in [0.15, 0.2) is 46.8 Å². The summed E-state index contributed by atoms with van der Waals surface area (Å²) in [6, 6.07) is 7.63. The Balaban J connectivity index is 1.48. The molecular weight excluding hydrogens is 385 g/mol. The van der Waals surface area contributed by atoms with Crippen LogP contribution in [0.3, 0.4) is 0 Å². The van der Waals surface area contributed by atoms with Crippen LogP contribution in [-0.4, -0.2) is 27.6 Å². The molecule has 0 saturated heterocycles. The molecule has 0 aliphatic heterocycles. The average Bonchev–Trinajstić information content (AvgIpc) is 3.12. The molecule has 3 aromatic rings. The van der Waals surface area contributed by atoms with Crippen LogP contribution < -0.4 is 5.32 Å². The molecule has 0 aliphatic rings. The fourth-order valence-electron chi connectivity index (χ4n) is 2.01. The number of halogens is 2. The van der Waals surface area contributed by atoms with Crippen molar-refractivity contribution in [2.75, 3.05) is 12.3 Å².